The summed E-state index contributed by atoms with van der Waals surface area (Å²) in [5, 5.41) is 13.4. The fourth-order valence-corrected chi connectivity index (χ4v) is 8.41. The lowest BCUT2D eigenvalue weighted by Crippen LogP contribution is -2.68. The van der Waals surface area contributed by atoms with Gasteiger partial charge in [0.1, 0.15) is 17.6 Å². The molecule has 4 aliphatic carbocycles. The van der Waals surface area contributed by atoms with Gasteiger partial charge >= 0.3 is 0 Å². The topological polar surface area (TPSA) is 90.8 Å². The maximum absolute atomic E-state index is 14.8. The van der Waals surface area contributed by atoms with Gasteiger partial charge in [-0.25, -0.2) is 9.97 Å². The van der Waals surface area contributed by atoms with Crippen molar-refractivity contribution in [3.05, 3.63) is 53.0 Å². The molecule has 2 bridgehead atoms. The van der Waals surface area contributed by atoms with Crippen molar-refractivity contribution in [3.8, 4) is 5.88 Å². The maximum atomic E-state index is 14.8. The summed E-state index contributed by atoms with van der Waals surface area (Å²) in [5.74, 6) is -0.474. The van der Waals surface area contributed by atoms with Crippen molar-refractivity contribution < 1.29 is 24.1 Å². The number of ketones is 1. The molecule has 0 amide bonds. The number of fused-ring (bicyclic) bond motifs is 5. The van der Waals surface area contributed by atoms with Crippen molar-refractivity contribution in [2.24, 2.45) is 34.5 Å². The molecule has 3 fully saturated rings. The minimum atomic E-state index is -1.72. The molecule has 8 heteroatoms. The Morgan fingerprint density at radius 2 is 2.03 bits per heavy atom. The van der Waals surface area contributed by atoms with Gasteiger partial charge in [-0.15, -0.1) is 6.58 Å². The molecule has 6 rings (SSSR count). The van der Waals surface area contributed by atoms with Crippen LogP contribution in [0.1, 0.15) is 53.5 Å². The molecule has 204 valence electrons. The van der Waals surface area contributed by atoms with Gasteiger partial charge in [-0.3, -0.25) is 4.79 Å². The average molecular weight is 541 g/mol. The molecule has 0 unspecified atom stereocenters. The lowest BCUT2D eigenvalue weighted by molar-refractivity contribution is -0.301. The first kappa shape index (κ1) is 26.2. The first-order chi connectivity index (χ1) is 17.8. The molecule has 1 N–H and O–H groups in total. The van der Waals surface area contributed by atoms with E-state index in [2.05, 4.69) is 43.4 Å². The third kappa shape index (κ3) is 3.28. The summed E-state index contributed by atoms with van der Waals surface area (Å²) in [6.07, 6.45) is 6.62. The molecule has 2 saturated carbocycles. The van der Waals surface area contributed by atoms with Crippen molar-refractivity contribution in [3.63, 3.8) is 0 Å². The van der Waals surface area contributed by atoms with Crippen molar-refractivity contribution >= 4 is 17.4 Å². The maximum Gasteiger partial charge on any atom is 0.222 e. The summed E-state index contributed by atoms with van der Waals surface area (Å²) >= 11 is 6.41. The highest BCUT2D eigenvalue weighted by molar-refractivity contribution is 6.30. The second kappa shape index (κ2) is 8.23. The molecule has 8 atom stereocenters. The molecular formula is C30H37ClN2O5. The number of carbonyl (C=O) groups is 1. The fourth-order valence-electron chi connectivity index (χ4n) is 8.20. The monoisotopic (exact) mass is 540 g/mol. The Labute approximate surface area is 229 Å². The Kier molecular flexibility index (Phi) is 5.67. The van der Waals surface area contributed by atoms with Gasteiger partial charge in [-0.2, -0.15) is 0 Å². The van der Waals surface area contributed by atoms with Crippen molar-refractivity contribution in [2.45, 2.75) is 78.0 Å². The van der Waals surface area contributed by atoms with E-state index < -0.39 is 29.0 Å². The minimum absolute atomic E-state index is 0.0476. The molecule has 5 aliphatic rings. The number of halogens is 1. The highest BCUT2D eigenvalue weighted by Gasteiger charge is 2.77. The van der Waals surface area contributed by atoms with E-state index in [9.17, 15) is 9.90 Å². The Hall–Kier alpha value is -2.06. The van der Waals surface area contributed by atoms with Gasteiger partial charge in [0.25, 0.3) is 0 Å². The Bertz CT molecular complexity index is 1290. The molecule has 1 aliphatic heterocycles. The number of hydrogen-bond donors (Lipinski definition) is 1. The van der Waals surface area contributed by atoms with Gasteiger partial charge in [0.2, 0.25) is 5.88 Å². The van der Waals surface area contributed by atoms with Gasteiger partial charge < -0.3 is 19.3 Å². The first-order valence-electron chi connectivity index (χ1n) is 13.5. The number of nitrogens with zero attached hydrogens (tertiary/aromatic N) is 2. The largest absolute Gasteiger partial charge is 0.466 e. The lowest BCUT2D eigenvalue weighted by Gasteiger charge is -2.52. The van der Waals surface area contributed by atoms with Gasteiger partial charge in [-0.1, -0.05) is 50.6 Å². The van der Waals surface area contributed by atoms with Crippen LogP contribution in [0.2, 0.25) is 5.15 Å². The van der Waals surface area contributed by atoms with Crippen molar-refractivity contribution in [2.75, 3.05) is 6.61 Å². The third-order valence-corrected chi connectivity index (χ3v) is 10.4. The second-order valence-corrected chi connectivity index (χ2v) is 13.3. The van der Waals surface area contributed by atoms with Crippen LogP contribution in [0.4, 0.5) is 0 Å². The lowest BCUT2D eigenvalue weighted by atomic mass is 9.59. The van der Waals surface area contributed by atoms with E-state index in [-0.39, 0.29) is 46.6 Å². The van der Waals surface area contributed by atoms with Crippen LogP contribution in [0, 0.1) is 34.5 Å². The van der Waals surface area contributed by atoms with Crippen LogP contribution in [0.5, 0.6) is 5.88 Å². The third-order valence-electron chi connectivity index (χ3n) is 10.1. The van der Waals surface area contributed by atoms with E-state index in [1.165, 1.54) is 6.33 Å². The predicted octanol–water partition coefficient (Wildman–Crippen LogP) is 4.87. The zero-order valence-corrected chi connectivity index (χ0v) is 23.7. The van der Waals surface area contributed by atoms with Crippen LogP contribution in [0.15, 0.2) is 42.3 Å². The molecule has 7 nitrogen and oxygen atoms in total. The van der Waals surface area contributed by atoms with E-state index in [1.54, 1.807) is 6.08 Å². The van der Waals surface area contributed by atoms with Gasteiger partial charge in [-0.05, 0) is 67.9 Å². The first-order valence-corrected chi connectivity index (χ1v) is 13.9. The zero-order chi connectivity index (χ0) is 27.4. The number of aliphatic hydroxyl groups is 1. The van der Waals surface area contributed by atoms with Crippen LogP contribution < -0.4 is 4.74 Å². The van der Waals surface area contributed by atoms with Crippen LogP contribution in [-0.4, -0.2) is 51.1 Å². The fraction of sp³-hybridized carbons (Fsp3) is 0.633. The van der Waals surface area contributed by atoms with Gasteiger partial charge in [0.15, 0.2) is 23.3 Å². The minimum Gasteiger partial charge on any atom is -0.466 e. The van der Waals surface area contributed by atoms with E-state index in [4.69, 9.17) is 25.8 Å². The van der Waals surface area contributed by atoms with E-state index in [1.807, 2.05) is 26.8 Å². The normalized spacial score (nSPS) is 41.9. The molecule has 2 heterocycles. The molecule has 1 saturated heterocycles. The summed E-state index contributed by atoms with van der Waals surface area (Å²) in [5.41, 5.74) is -0.701. The summed E-state index contributed by atoms with van der Waals surface area (Å²) in [6.45, 7) is 16.3. The summed E-state index contributed by atoms with van der Waals surface area (Å²) in [7, 11) is 0. The SMILES string of the molecule is C=CCc1c(Cl)ncnc1O[C@H]1C(C)=C[C@]23C(=O)[C@@H](C=C4COC(C)(C)O[C@H]4[C@]12O)[C@H]1[C@@H](C[C@H]3C)C1(C)C. The van der Waals surface area contributed by atoms with E-state index in [0.29, 0.717) is 17.9 Å². The molecular weight excluding hydrogens is 504 g/mol. The molecule has 0 aromatic carbocycles. The van der Waals surface area contributed by atoms with Crippen LogP contribution >= 0.6 is 11.6 Å². The predicted molar refractivity (Wildman–Crippen MR) is 143 cm³/mol. The van der Waals surface area contributed by atoms with E-state index in [0.717, 1.165) is 17.6 Å². The summed E-state index contributed by atoms with van der Waals surface area (Å²) < 4.78 is 19.2. The standard InChI is InChI=1S/C30H37ClN2O5/c1-8-9-18-25(31)32-14-33-26(18)37-23-15(2)12-29-16(3)10-20-21(27(20,4)5)19(22(29)34)11-17-13-36-28(6,7)38-24(17)30(23,29)35/h8,11-12,14,16,19-21,23-24,35H,1,9-10,13H2,2-7H3/t16-,19+,20-,21+,23+,24-,29+,30-/m1/s1. The number of carbonyl (C=O) groups excluding carboxylic acids is 1. The summed E-state index contributed by atoms with van der Waals surface area (Å²) in [6, 6.07) is 0. The molecule has 1 spiro atoms. The smallest absolute Gasteiger partial charge is 0.222 e. The van der Waals surface area contributed by atoms with Crippen LogP contribution in [-0.2, 0) is 20.7 Å². The average Bonchev–Trinajstić information content (AvgIpc) is 3.33. The number of ether oxygens (including phenoxy) is 3. The number of allylic oxidation sites excluding steroid dienone is 2. The highest BCUT2D eigenvalue weighted by Crippen LogP contribution is 2.72. The van der Waals surface area contributed by atoms with E-state index >= 15 is 0 Å². The van der Waals surface area contributed by atoms with Crippen LogP contribution in [0.25, 0.3) is 0 Å². The van der Waals surface area contributed by atoms with Gasteiger partial charge in [0.05, 0.1) is 17.6 Å². The molecule has 38 heavy (non-hydrogen) atoms. The van der Waals surface area contributed by atoms with Gasteiger partial charge in [0, 0.05) is 5.92 Å². The number of rotatable bonds is 4. The molecule has 1 aromatic heterocycles. The molecule has 0 radical (unpaired) electrons. The number of Topliss-reactive ketones (excluding diaryl/α,β-unsaturated/α-hetero) is 1. The quantitative estimate of drug-likeness (QED) is 0.430. The number of hydrogen-bond acceptors (Lipinski definition) is 7. The Morgan fingerprint density at radius 3 is 2.74 bits per heavy atom. The second-order valence-electron chi connectivity index (χ2n) is 12.9. The van der Waals surface area contributed by atoms with Crippen LogP contribution in [0.3, 0.4) is 0 Å². The number of aromatic nitrogens is 2. The molecule has 1 aromatic rings. The highest BCUT2D eigenvalue weighted by atomic mass is 35.5. The zero-order valence-electron chi connectivity index (χ0n) is 23.0. The Balaban J connectivity index is 1.55. The summed E-state index contributed by atoms with van der Waals surface area (Å²) in [4.78, 5) is 23.3. The van der Waals surface area contributed by atoms with Crippen molar-refractivity contribution in [1.29, 1.82) is 0 Å². The van der Waals surface area contributed by atoms with Crippen molar-refractivity contribution in [1.82, 2.24) is 9.97 Å². The Morgan fingerprint density at radius 1 is 1.29 bits per heavy atom.